The van der Waals surface area contributed by atoms with E-state index < -0.39 is 11.7 Å². The smallest absolute Gasteiger partial charge is 0.383 e. The number of aromatic amines is 1. The normalized spacial score (nSPS) is 18.5. The lowest BCUT2D eigenvalue weighted by molar-refractivity contribution is -0.137. The molecule has 2 unspecified atom stereocenters. The van der Waals surface area contributed by atoms with Gasteiger partial charge in [0.2, 0.25) is 0 Å². The molecule has 3 heterocycles. The number of anilines is 1. The molecule has 2 atom stereocenters. The van der Waals surface area contributed by atoms with Crippen LogP contribution in [0.25, 0.3) is 22.1 Å². The number of aromatic nitrogens is 5. The number of benzene rings is 1. The van der Waals surface area contributed by atoms with Gasteiger partial charge in [-0.05, 0) is 76.6 Å². The number of hydrogen-bond acceptors (Lipinski definition) is 5. The first-order valence-electron chi connectivity index (χ1n) is 13.2. The molecule has 1 aliphatic carbocycles. The molecule has 1 saturated carbocycles. The second-order valence-electron chi connectivity index (χ2n) is 10.6. The zero-order valence-electron chi connectivity index (χ0n) is 21.6. The highest BCUT2D eigenvalue weighted by Gasteiger charge is 2.34. The number of aryl methyl sites for hydroxylation is 1. The number of nitrogens with two attached hydrogens (primary N) is 1. The van der Waals surface area contributed by atoms with Gasteiger partial charge in [-0.3, -0.25) is 0 Å². The highest BCUT2D eigenvalue weighted by atomic mass is 35.5. The van der Waals surface area contributed by atoms with E-state index in [1.54, 1.807) is 0 Å². The highest BCUT2D eigenvalue weighted by molar-refractivity contribution is 6.32. The zero-order chi connectivity index (χ0) is 27.0. The van der Waals surface area contributed by atoms with Gasteiger partial charge in [0.25, 0.3) is 0 Å². The van der Waals surface area contributed by atoms with Crippen molar-refractivity contribution >= 4 is 39.5 Å². The molecule has 4 aromatic rings. The van der Waals surface area contributed by atoms with Crippen molar-refractivity contribution in [1.29, 1.82) is 0 Å². The molecule has 204 valence electrons. The maximum absolute atomic E-state index is 13.2. The van der Waals surface area contributed by atoms with Crippen LogP contribution in [0, 0.1) is 5.92 Å². The first-order chi connectivity index (χ1) is 18.1. The minimum atomic E-state index is -4.49. The van der Waals surface area contributed by atoms with Crippen molar-refractivity contribution in [2.45, 2.75) is 70.6 Å². The number of halogens is 4. The molecule has 1 aliphatic rings. The molecule has 3 N–H and O–H groups in total. The van der Waals surface area contributed by atoms with Crippen molar-refractivity contribution < 1.29 is 13.2 Å². The Labute approximate surface area is 224 Å². The quantitative estimate of drug-likeness (QED) is 0.229. The monoisotopic (exact) mass is 547 g/mol. The maximum atomic E-state index is 13.2. The van der Waals surface area contributed by atoms with Crippen LogP contribution in [0.1, 0.15) is 63.4 Å². The van der Waals surface area contributed by atoms with Gasteiger partial charge in [0.05, 0.1) is 27.0 Å². The van der Waals surface area contributed by atoms with Crippen LogP contribution in [0.15, 0.2) is 30.7 Å². The van der Waals surface area contributed by atoms with E-state index in [0.29, 0.717) is 47.1 Å². The number of hydrogen-bond donors (Lipinski definition) is 2. The van der Waals surface area contributed by atoms with E-state index in [2.05, 4.69) is 49.4 Å². The van der Waals surface area contributed by atoms with Gasteiger partial charge in [-0.15, -0.1) is 0 Å². The topological polar surface area (TPSA) is 88.7 Å². The minimum absolute atomic E-state index is 0.327. The molecular formula is C27H33ClF3N7. The Morgan fingerprint density at radius 1 is 1.21 bits per heavy atom. The summed E-state index contributed by atoms with van der Waals surface area (Å²) in [7, 11) is 0. The van der Waals surface area contributed by atoms with Crippen LogP contribution < -0.4 is 5.73 Å². The number of nitrogen functional groups attached to an aromatic ring is 1. The predicted molar refractivity (Wildman–Crippen MR) is 144 cm³/mol. The summed E-state index contributed by atoms with van der Waals surface area (Å²) in [5.74, 6) is 1.82. The molecule has 3 aromatic heterocycles. The maximum Gasteiger partial charge on any atom is 0.417 e. The SMILES string of the molecule is CC(C)N(CCCCc1nc2cc(Cl)c(C(F)(F)F)cc2[nH]1)CC1CCC(n2ccc3c(N)ncnc32)C1. The molecule has 5 rings (SSSR count). The number of unbranched alkanes of at least 4 members (excludes halogenated alkanes) is 1. The van der Waals surface area contributed by atoms with Crippen molar-refractivity contribution in [3.63, 3.8) is 0 Å². The Bertz CT molecular complexity index is 1410. The van der Waals surface area contributed by atoms with Crippen LogP contribution in [-0.4, -0.2) is 48.5 Å². The van der Waals surface area contributed by atoms with Crippen molar-refractivity contribution in [2.24, 2.45) is 5.92 Å². The summed E-state index contributed by atoms with van der Waals surface area (Å²) < 4.78 is 41.7. The summed E-state index contributed by atoms with van der Waals surface area (Å²) in [6.07, 6.45) is 5.08. The fraction of sp³-hybridized carbons (Fsp3) is 0.519. The molecular weight excluding hydrogens is 515 g/mol. The minimum Gasteiger partial charge on any atom is -0.383 e. The lowest BCUT2D eigenvalue weighted by Crippen LogP contribution is -2.35. The molecule has 0 radical (unpaired) electrons. The molecule has 0 amide bonds. The molecule has 0 saturated heterocycles. The third kappa shape index (κ3) is 5.61. The van der Waals surface area contributed by atoms with Crippen LogP contribution >= 0.6 is 11.6 Å². The van der Waals surface area contributed by atoms with Crippen molar-refractivity contribution in [3.8, 4) is 0 Å². The summed E-state index contributed by atoms with van der Waals surface area (Å²) in [6.45, 7) is 6.48. The van der Waals surface area contributed by atoms with E-state index in [0.717, 1.165) is 55.9 Å². The number of H-pyrrole nitrogens is 1. The summed E-state index contributed by atoms with van der Waals surface area (Å²) >= 11 is 5.84. The van der Waals surface area contributed by atoms with E-state index in [1.807, 2.05) is 6.07 Å². The third-order valence-corrected chi connectivity index (χ3v) is 8.02. The first kappa shape index (κ1) is 26.7. The number of imidazole rings is 1. The van der Waals surface area contributed by atoms with Crippen molar-refractivity contribution in [1.82, 2.24) is 29.4 Å². The van der Waals surface area contributed by atoms with Gasteiger partial charge in [-0.2, -0.15) is 13.2 Å². The molecule has 11 heteroatoms. The molecule has 0 bridgehead atoms. The van der Waals surface area contributed by atoms with E-state index in [4.69, 9.17) is 17.3 Å². The summed E-state index contributed by atoms with van der Waals surface area (Å²) in [4.78, 5) is 18.6. The second kappa shape index (κ2) is 10.7. The lowest BCUT2D eigenvalue weighted by atomic mass is 10.1. The summed E-state index contributed by atoms with van der Waals surface area (Å²) in [5.41, 5.74) is 6.90. The van der Waals surface area contributed by atoms with Gasteiger partial charge < -0.3 is 20.2 Å². The van der Waals surface area contributed by atoms with Gasteiger partial charge in [0, 0.05) is 31.2 Å². The Balaban J connectivity index is 1.14. The number of nitrogens with zero attached hydrogens (tertiary/aromatic N) is 5. The molecule has 1 aromatic carbocycles. The third-order valence-electron chi connectivity index (χ3n) is 7.70. The average Bonchev–Trinajstić information content (AvgIpc) is 3.57. The van der Waals surface area contributed by atoms with E-state index >= 15 is 0 Å². The standard InChI is InChI=1S/C27H33ClF3N7/c1-16(2)37(14-17-6-7-18(11-17)38-10-8-19-25(32)33-15-34-26(19)38)9-4-3-5-24-35-22-12-20(27(29,30)31)21(28)13-23(22)36-24/h8,10,12-13,15-18H,3-7,9,11,14H2,1-2H3,(H,35,36)(H2,32,33,34). The Morgan fingerprint density at radius 3 is 2.79 bits per heavy atom. The predicted octanol–water partition coefficient (Wildman–Crippen LogP) is 6.64. The summed E-state index contributed by atoms with van der Waals surface area (Å²) in [6, 6.07) is 5.18. The van der Waals surface area contributed by atoms with Crippen molar-refractivity contribution in [2.75, 3.05) is 18.8 Å². The van der Waals surface area contributed by atoms with Crippen LogP contribution in [0.3, 0.4) is 0 Å². The number of fused-ring (bicyclic) bond motifs is 2. The van der Waals surface area contributed by atoms with E-state index in [1.165, 1.54) is 18.8 Å². The first-order valence-corrected chi connectivity index (χ1v) is 13.5. The van der Waals surface area contributed by atoms with Gasteiger partial charge >= 0.3 is 6.18 Å². The van der Waals surface area contributed by atoms with Gasteiger partial charge in [-0.1, -0.05) is 11.6 Å². The van der Waals surface area contributed by atoms with E-state index in [9.17, 15) is 13.2 Å². The van der Waals surface area contributed by atoms with Gasteiger partial charge in [0.1, 0.15) is 23.6 Å². The van der Waals surface area contributed by atoms with Crippen molar-refractivity contribution in [3.05, 3.63) is 47.1 Å². The fourth-order valence-corrected chi connectivity index (χ4v) is 5.94. The number of rotatable bonds is 9. The number of nitrogens with one attached hydrogen (secondary N) is 1. The lowest BCUT2D eigenvalue weighted by Gasteiger charge is -2.29. The second-order valence-corrected chi connectivity index (χ2v) is 11.0. The molecule has 1 fully saturated rings. The zero-order valence-corrected chi connectivity index (χ0v) is 22.4. The summed E-state index contributed by atoms with van der Waals surface area (Å²) in [5, 5.41) is 0.584. The van der Waals surface area contributed by atoms with Crippen LogP contribution in [0.2, 0.25) is 5.02 Å². The average molecular weight is 548 g/mol. The fourth-order valence-electron chi connectivity index (χ4n) is 5.67. The van der Waals surface area contributed by atoms with Gasteiger partial charge in [0.15, 0.2) is 0 Å². The molecule has 0 spiro atoms. The highest BCUT2D eigenvalue weighted by Crippen LogP contribution is 2.38. The number of alkyl halides is 3. The Kier molecular flexibility index (Phi) is 7.55. The van der Waals surface area contributed by atoms with Crippen LogP contribution in [0.4, 0.5) is 19.0 Å². The molecule has 0 aliphatic heterocycles. The molecule has 38 heavy (non-hydrogen) atoms. The Morgan fingerprint density at radius 2 is 2.03 bits per heavy atom. The van der Waals surface area contributed by atoms with Gasteiger partial charge in [-0.25, -0.2) is 15.0 Å². The molecule has 7 nitrogen and oxygen atoms in total. The Hall–Kier alpha value is -2.85. The largest absolute Gasteiger partial charge is 0.417 e. The van der Waals surface area contributed by atoms with E-state index in [-0.39, 0.29) is 5.02 Å². The van der Waals surface area contributed by atoms with Crippen LogP contribution in [0.5, 0.6) is 0 Å². The van der Waals surface area contributed by atoms with Crippen LogP contribution in [-0.2, 0) is 12.6 Å².